The molecular weight excluding hydrogens is 290 g/mol. The third-order valence-electron chi connectivity index (χ3n) is 5.13. The van der Waals surface area contributed by atoms with E-state index in [1.54, 1.807) is 4.90 Å². The lowest BCUT2D eigenvalue weighted by Gasteiger charge is -2.40. The number of fused-ring (bicyclic) bond motifs is 2. The van der Waals surface area contributed by atoms with E-state index in [1.807, 2.05) is 45.9 Å². The predicted molar refractivity (Wildman–Crippen MR) is 89.3 cm³/mol. The van der Waals surface area contributed by atoms with Crippen LogP contribution in [0.3, 0.4) is 0 Å². The highest BCUT2D eigenvalue weighted by Crippen LogP contribution is 2.53. The monoisotopic (exact) mass is 317 g/mol. The zero-order chi connectivity index (χ0) is 16.9. The van der Waals surface area contributed by atoms with E-state index in [0.717, 1.165) is 24.8 Å². The fourth-order valence-electron chi connectivity index (χ4n) is 4.15. The molecule has 1 unspecified atom stereocenters. The Morgan fingerprint density at radius 3 is 2.30 bits per heavy atom. The van der Waals surface area contributed by atoms with Gasteiger partial charge in [-0.3, -0.25) is 0 Å². The molecule has 1 aromatic rings. The van der Waals surface area contributed by atoms with Crippen LogP contribution in [-0.2, 0) is 15.8 Å². The lowest BCUT2D eigenvalue weighted by molar-refractivity contribution is 0.00601. The van der Waals surface area contributed by atoms with E-state index < -0.39 is 11.2 Å². The number of piperidine rings is 1. The van der Waals surface area contributed by atoms with Gasteiger partial charge in [0, 0.05) is 18.5 Å². The van der Waals surface area contributed by atoms with Crippen molar-refractivity contribution >= 4 is 6.09 Å². The molecule has 4 heteroatoms. The lowest BCUT2D eigenvalue weighted by atomic mass is 9.73. The lowest BCUT2D eigenvalue weighted by Crippen LogP contribution is -2.46. The van der Waals surface area contributed by atoms with Gasteiger partial charge < -0.3 is 14.7 Å². The van der Waals surface area contributed by atoms with Crippen LogP contribution in [-0.4, -0.2) is 34.8 Å². The number of hydrogen-bond donors (Lipinski definition) is 1. The zero-order valence-electron chi connectivity index (χ0n) is 14.6. The maximum Gasteiger partial charge on any atom is 0.410 e. The summed E-state index contributed by atoms with van der Waals surface area (Å²) >= 11 is 0. The van der Waals surface area contributed by atoms with Gasteiger partial charge in [-0.25, -0.2) is 4.79 Å². The first-order valence-corrected chi connectivity index (χ1v) is 8.43. The number of rotatable bonds is 0. The predicted octanol–water partition coefficient (Wildman–Crippen LogP) is 3.57. The summed E-state index contributed by atoms with van der Waals surface area (Å²) in [5.74, 6) is 0. The number of carbonyl (C=O) groups excluding carboxylic acids is 1. The van der Waals surface area contributed by atoms with E-state index >= 15 is 0 Å². The Balaban J connectivity index is 1.76. The Hall–Kier alpha value is -1.55. The third-order valence-corrected chi connectivity index (χ3v) is 5.13. The molecule has 1 aliphatic carbocycles. The fraction of sp³-hybridized carbons (Fsp3) is 0.632. The molecule has 23 heavy (non-hydrogen) atoms. The molecule has 1 fully saturated rings. The number of likely N-dealkylation sites (tertiary alicyclic amines) is 1. The molecule has 4 nitrogen and oxygen atoms in total. The molecule has 3 rings (SSSR count). The van der Waals surface area contributed by atoms with Gasteiger partial charge in [0.05, 0.1) is 5.60 Å². The summed E-state index contributed by atoms with van der Waals surface area (Å²) in [6, 6.07) is 8.20. The van der Waals surface area contributed by atoms with Gasteiger partial charge in [0.25, 0.3) is 0 Å². The number of amides is 1. The summed E-state index contributed by atoms with van der Waals surface area (Å²) < 4.78 is 5.48. The Labute approximate surface area is 138 Å². The number of aliphatic hydroxyl groups is 1. The highest BCUT2D eigenvalue weighted by molar-refractivity contribution is 5.68. The standard InChI is InChI=1S/C19H27NO3/c1-17(2,3)23-16(21)20-11-9-19(10-12-20)13-18(4,22)14-7-5-6-8-15(14)19/h5-8,22H,9-13H2,1-4H3. The normalized spacial score (nSPS) is 26.2. The molecule has 1 amide bonds. The van der Waals surface area contributed by atoms with Crippen molar-refractivity contribution in [1.82, 2.24) is 4.90 Å². The van der Waals surface area contributed by atoms with Gasteiger partial charge in [0.1, 0.15) is 5.60 Å². The maximum atomic E-state index is 12.2. The first-order chi connectivity index (χ1) is 10.6. The van der Waals surface area contributed by atoms with E-state index in [4.69, 9.17) is 4.74 Å². The van der Waals surface area contributed by atoms with Crippen molar-refractivity contribution in [3.05, 3.63) is 35.4 Å². The minimum Gasteiger partial charge on any atom is -0.444 e. The molecular formula is C19H27NO3. The minimum absolute atomic E-state index is 0.0153. The number of ether oxygens (including phenoxy) is 1. The van der Waals surface area contributed by atoms with Gasteiger partial charge >= 0.3 is 6.09 Å². The molecule has 0 aromatic heterocycles. The van der Waals surface area contributed by atoms with Crippen LogP contribution < -0.4 is 0 Å². The van der Waals surface area contributed by atoms with Crippen molar-refractivity contribution in [2.45, 2.75) is 63.6 Å². The molecule has 1 atom stereocenters. The molecule has 0 saturated carbocycles. The maximum absolute atomic E-state index is 12.2. The zero-order valence-corrected chi connectivity index (χ0v) is 14.6. The Kier molecular flexibility index (Phi) is 3.71. The Bertz CT molecular complexity index is 607. The van der Waals surface area contributed by atoms with E-state index in [9.17, 15) is 9.90 Å². The topological polar surface area (TPSA) is 49.8 Å². The van der Waals surface area contributed by atoms with Crippen LogP contribution in [0.15, 0.2) is 24.3 Å². The van der Waals surface area contributed by atoms with Crippen molar-refractivity contribution in [3.63, 3.8) is 0 Å². The van der Waals surface area contributed by atoms with E-state index in [2.05, 4.69) is 6.07 Å². The molecule has 0 bridgehead atoms. The van der Waals surface area contributed by atoms with Gasteiger partial charge in [0.2, 0.25) is 0 Å². The molecule has 1 saturated heterocycles. The van der Waals surface area contributed by atoms with Crippen LogP contribution in [0.2, 0.25) is 0 Å². The average Bonchev–Trinajstić information content (AvgIpc) is 2.66. The van der Waals surface area contributed by atoms with Gasteiger partial charge in [-0.1, -0.05) is 24.3 Å². The summed E-state index contributed by atoms with van der Waals surface area (Å²) in [6.45, 7) is 8.93. The third kappa shape index (κ3) is 2.97. The molecule has 1 spiro atoms. The van der Waals surface area contributed by atoms with Gasteiger partial charge in [-0.05, 0) is 58.1 Å². The average molecular weight is 317 g/mol. The number of carbonyl (C=O) groups is 1. The SMILES string of the molecule is CC(C)(C)OC(=O)N1CCC2(CC1)CC(C)(O)c1ccccc12. The van der Waals surface area contributed by atoms with Crippen LogP contribution >= 0.6 is 0 Å². The first-order valence-electron chi connectivity index (χ1n) is 8.43. The Morgan fingerprint density at radius 1 is 1.17 bits per heavy atom. The summed E-state index contributed by atoms with van der Waals surface area (Å²) in [4.78, 5) is 14.0. The molecule has 1 aromatic carbocycles. The summed E-state index contributed by atoms with van der Waals surface area (Å²) in [5, 5.41) is 10.8. The second-order valence-corrected chi connectivity index (χ2v) is 8.24. The minimum atomic E-state index is -0.773. The van der Waals surface area contributed by atoms with E-state index in [0.29, 0.717) is 13.1 Å². The smallest absolute Gasteiger partial charge is 0.410 e. The van der Waals surface area contributed by atoms with Crippen LogP contribution in [0.1, 0.15) is 58.1 Å². The fourth-order valence-corrected chi connectivity index (χ4v) is 4.15. The number of benzene rings is 1. The number of nitrogens with zero attached hydrogens (tertiary/aromatic N) is 1. The van der Waals surface area contributed by atoms with Crippen LogP contribution in [0.25, 0.3) is 0 Å². The van der Waals surface area contributed by atoms with Gasteiger partial charge in [0.15, 0.2) is 0 Å². The van der Waals surface area contributed by atoms with Crippen molar-refractivity contribution < 1.29 is 14.6 Å². The van der Waals surface area contributed by atoms with Crippen molar-refractivity contribution in [2.75, 3.05) is 13.1 Å². The van der Waals surface area contributed by atoms with E-state index in [-0.39, 0.29) is 11.5 Å². The number of hydrogen-bond acceptors (Lipinski definition) is 3. The molecule has 1 heterocycles. The van der Waals surface area contributed by atoms with Crippen molar-refractivity contribution in [1.29, 1.82) is 0 Å². The van der Waals surface area contributed by atoms with Crippen molar-refractivity contribution in [3.8, 4) is 0 Å². The van der Waals surface area contributed by atoms with Crippen LogP contribution in [0.5, 0.6) is 0 Å². The molecule has 2 aliphatic rings. The first kappa shape index (κ1) is 16.3. The van der Waals surface area contributed by atoms with Gasteiger partial charge in [-0.15, -0.1) is 0 Å². The molecule has 1 N–H and O–H groups in total. The molecule has 0 radical (unpaired) electrons. The summed E-state index contributed by atoms with van der Waals surface area (Å²) in [5.41, 5.74) is 1.05. The largest absolute Gasteiger partial charge is 0.444 e. The highest BCUT2D eigenvalue weighted by atomic mass is 16.6. The highest BCUT2D eigenvalue weighted by Gasteiger charge is 2.50. The van der Waals surface area contributed by atoms with Gasteiger partial charge in [-0.2, -0.15) is 0 Å². The van der Waals surface area contributed by atoms with Crippen LogP contribution in [0.4, 0.5) is 4.79 Å². The Morgan fingerprint density at radius 2 is 1.74 bits per heavy atom. The van der Waals surface area contributed by atoms with Crippen molar-refractivity contribution in [2.24, 2.45) is 0 Å². The quantitative estimate of drug-likeness (QED) is 0.796. The van der Waals surface area contributed by atoms with Crippen LogP contribution in [0, 0.1) is 0 Å². The second-order valence-electron chi connectivity index (χ2n) is 8.24. The summed E-state index contributed by atoms with van der Waals surface area (Å²) in [6.07, 6.45) is 2.26. The summed E-state index contributed by atoms with van der Waals surface area (Å²) in [7, 11) is 0. The second kappa shape index (κ2) is 5.23. The van der Waals surface area contributed by atoms with E-state index in [1.165, 1.54) is 5.56 Å². The molecule has 126 valence electrons. The molecule has 1 aliphatic heterocycles.